The smallest absolute Gasteiger partial charge is 0.124 e. The summed E-state index contributed by atoms with van der Waals surface area (Å²) in [6.45, 7) is 5.55. The lowest BCUT2D eigenvalue weighted by Gasteiger charge is -2.16. The summed E-state index contributed by atoms with van der Waals surface area (Å²) >= 11 is 0. The van der Waals surface area contributed by atoms with Crippen LogP contribution in [0.3, 0.4) is 0 Å². The number of benzene rings is 3. The molecule has 0 aliphatic rings. The van der Waals surface area contributed by atoms with E-state index in [2.05, 4.69) is 78.2 Å². The minimum atomic E-state index is 0.595. The van der Waals surface area contributed by atoms with E-state index in [0.717, 1.165) is 31.8 Å². The molecule has 3 aromatic carbocycles. The standard InChI is InChI=1S/C23H28N2O/c1-18-8-3-4-10-20(18)17-26-23-13-12-19-9-5-6-11-21(19)22(23)16-25-15-7-14-24-2/h3-6,8-13,24-25H,7,14-17H2,1-2H3. The summed E-state index contributed by atoms with van der Waals surface area (Å²) < 4.78 is 6.24. The number of aryl methyl sites for hydroxylation is 1. The van der Waals surface area contributed by atoms with Crippen LogP contribution in [0.25, 0.3) is 10.8 Å². The highest BCUT2D eigenvalue weighted by Gasteiger charge is 2.09. The fraction of sp³-hybridized carbons (Fsp3) is 0.304. The third-order valence-electron chi connectivity index (χ3n) is 4.72. The molecule has 3 rings (SSSR count). The lowest BCUT2D eigenvalue weighted by atomic mass is 10.0. The molecule has 0 unspecified atom stereocenters. The third-order valence-corrected chi connectivity index (χ3v) is 4.72. The van der Waals surface area contributed by atoms with Crippen LogP contribution in [0.5, 0.6) is 5.75 Å². The summed E-state index contributed by atoms with van der Waals surface area (Å²) in [4.78, 5) is 0. The lowest BCUT2D eigenvalue weighted by molar-refractivity contribution is 0.302. The van der Waals surface area contributed by atoms with Crippen molar-refractivity contribution in [3.05, 3.63) is 77.4 Å². The molecule has 0 saturated heterocycles. The summed E-state index contributed by atoms with van der Waals surface area (Å²) in [7, 11) is 1.99. The molecule has 3 heteroatoms. The Balaban J connectivity index is 1.79. The van der Waals surface area contributed by atoms with Gasteiger partial charge in [0.2, 0.25) is 0 Å². The Morgan fingerprint density at radius 1 is 0.885 bits per heavy atom. The fourth-order valence-corrected chi connectivity index (χ4v) is 3.16. The molecule has 2 N–H and O–H groups in total. The van der Waals surface area contributed by atoms with Crippen LogP contribution in [-0.4, -0.2) is 20.1 Å². The van der Waals surface area contributed by atoms with Gasteiger partial charge in [-0.15, -0.1) is 0 Å². The highest BCUT2D eigenvalue weighted by Crippen LogP contribution is 2.29. The summed E-state index contributed by atoms with van der Waals surface area (Å²) in [5.74, 6) is 0.966. The molecule has 0 fully saturated rings. The first-order valence-corrected chi connectivity index (χ1v) is 9.33. The van der Waals surface area contributed by atoms with Gasteiger partial charge in [-0.05, 0) is 61.4 Å². The van der Waals surface area contributed by atoms with Crippen LogP contribution in [0.15, 0.2) is 60.7 Å². The average molecular weight is 348 g/mol. The van der Waals surface area contributed by atoms with Gasteiger partial charge < -0.3 is 15.4 Å². The zero-order valence-electron chi connectivity index (χ0n) is 15.7. The van der Waals surface area contributed by atoms with Crippen LogP contribution in [-0.2, 0) is 13.2 Å². The van der Waals surface area contributed by atoms with Crippen LogP contribution in [0.4, 0.5) is 0 Å². The van der Waals surface area contributed by atoms with Gasteiger partial charge in [-0.1, -0.05) is 54.6 Å². The number of fused-ring (bicyclic) bond motifs is 1. The maximum Gasteiger partial charge on any atom is 0.124 e. The molecule has 0 radical (unpaired) electrons. The van der Waals surface area contributed by atoms with Crippen molar-refractivity contribution in [1.29, 1.82) is 0 Å². The van der Waals surface area contributed by atoms with Gasteiger partial charge in [0.1, 0.15) is 12.4 Å². The Kier molecular flexibility index (Phi) is 6.64. The number of ether oxygens (including phenoxy) is 1. The molecule has 0 bridgehead atoms. The van der Waals surface area contributed by atoms with E-state index in [1.54, 1.807) is 0 Å². The van der Waals surface area contributed by atoms with E-state index < -0.39 is 0 Å². The lowest BCUT2D eigenvalue weighted by Crippen LogP contribution is -2.20. The van der Waals surface area contributed by atoms with Crippen LogP contribution in [0.1, 0.15) is 23.1 Å². The Morgan fingerprint density at radius 3 is 2.54 bits per heavy atom. The van der Waals surface area contributed by atoms with E-state index in [9.17, 15) is 0 Å². The predicted octanol–water partition coefficient (Wildman–Crippen LogP) is 4.43. The van der Waals surface area contributed by atoms with Gasteiger partial charge in [0, 0.05) is 12.1 Å². The summed E-state index contributed by atoms with van der Waals surface area (Å²) in [5, 5.41) is 9.26. The van der Waals surface area contributed by atoms with Crippen molar-refractivity contribution in [2.75, 3.05) is 20.1 Å². The second kappa shape index (κ2) is 9.37. The van der Waals surface area contributed by atoms with Crippen molar-refractivity contribution < 1.29 is 4.74 Å². The van der Waals surface area contributed by atoms with Crippen molar-refractivity contribution in [1.82, 2.24) is 10.6 Å². The maximum absolute atomic E-state index is 6.24. The summed E-state index contributed by atoms with van der Waals surface area (Å²) in [6.07, 6.45) is 1.11. The van der Waals surface area contributed by atoms with E-state index in [1.165, 1.54) is 27.5 Å². The second-order valence-corrected chi connectivity index (χ2v) is 6.61. The topological polar surface area (TPSA) is 33.3 Å². The van der Waals surface area contributed by atoms with Crippen LogP contribution in [0.2, 0.25) is 0 Å². The molecule has 0 heterocycles. The van der Waals surface area contributed by atoms with Gasteiger partial charge in [-0.2, -0.15) is 0 Å². The first-order chi connectivity index (χ1) is 12.8. The Hall–Kier alpha value is -2.36. The van der Waals surface area contributed by atoms with Crippen molar-refractivity contribution in [2.45, 2.75) is 26.5 Å². The normalized spacial score (nSPS) is 11.0. The molecule has 0 atom stereocenters. The molecule has 0 spiro atoms. The van der Waals surface area contributed by atoms with Gasteiger partial charge >= 0.3 is 0 Å². The minimum absolute atomic E-state index is 0.595. The largest absolute Gasteiger partial charge is 0.489 e. The molecule has 3 nitrogen and oxygen atoms in total. The molecule has 0 aromatic heterocycles. The van der Waals surface area contributed by atoms with E-state index in [-0.39, 0.29) is 0 Å². The summed E-state index contributed by atoms with van der Waals surface area (Å²) in [6, 6.07) is 21.2. The molecular weight excluding hydrogens is 320 g/mol. The van der Waals surface area contributed by atoms with E-state index >= 15 is 0 Å². The van der Waals surface area contributed by atoms with Gasteiger partial charge in [-0.3, -0.25) is 0 Å². The Morgan fingerprint density at radius 2 is 1.69 bits per heavy atom. The zero-order chi connectivity index (χ0) is 18.2. The molecule has 0 saturated carbocycles. The van der Waals surface area contributed by atoms with E-state index in [1.807, 2.05) is 7.05 Å². The highest BCUT2D eigenvalue weighted by molar-refractivity contribution is 5.87. The highest BCUT2D eigenvalue weighted by atomic mass is 16.5. The van der Waals surface area contributed by atoms with Crippen LogP contribution in [0, 0.1) is 6.92 Å². The van der Waals surface area contributed by atoms with Crippen LogP contribution >= 0.6 is 0 Å². The number of hydrogen-bond donors (Lipinski definition) is 2. The SMILES string of the molecule is CNCCCNCc1c(OCc2ccccc2C)ccc2ccccc12. The molecule has 0 amide bonds. The van der Waals surface area contributed by atoms with Crippen LogP contribution < -0.4 is 15.4 Å². The summed E-state index contributed by atoms with van der Waals surface area (Å²) in [5.41, 5.74) is 3.73. The van der Waals surface area contributed by atoms with Gasteiger partial charge in [0.25, 0.3) is 0 Å². The van der Waals surface area contributed by atoms with Gasteiger partial charge in [0.05, 0.1) is 0 Å². The second-order valence-electron chi connectivity index (χ2n) is 6.61. The van der Waals surface area contributed by atoms with Crippen molar-refractivity contribution in [3.8, 4) is 5.75 Å². The Labute approximate surface area is 156 Å². The van der Waals surface area contributed by atoms with Gasteiger partial charge in [-0.25, -0.2) is 0 Å². The van der Waals surface area contributed by atoms with Crippen molar-refractivity contribution in [3.63, 3.8) is 0 Å². The fourth-order valence-electron chi connectivity index (χ4n) is 3.16. The van der Waals surface area contributed by atoms with Crippen molar-refractivity contribution in [2.24, 2.45) is 0 Å². The first-order valence-electron chi connectivity index (χ1n) is 9.33. The first kappa shape index (κ1) is 18.4. The molecule has 136 valence electrons. The average Bonchev–Trinajstić information content (AvgIpc) is 2.68. The number of nitrogens with one attached hydrogen (secondary N) is 2. The maximum atomic E-state index is 6.24. The Bertz CT molecular complexity index is 844. The molecular formula is C23H28N2O. The predicted molar refractivity (Wildman–Crippen MR) is 110 cm³/mol. The number of hydrogen-bond acceptors (Lipinski definition) is 3. The minimum Gasteiger partial charge on any atom is -0.489 e. The molecule has 0 aliphatic carbocycles. The molecule has 0 aliphatic heterocycles. The number of rotatable bonds is 9. The van der Waals surface area contributed by atoms with Gasteiger partial charge in [0.15, 0.2) is 0 Å². The molecule has 3 aromatic rings. The third kappa shape index (κ3) is 4.63. The quantitative estimate of drug-likeness (QED) is 0.561. The monoisotopic (exact) mass is 348 g/mol. The zero-order valence-corrected chi connectivity index (χ0v) is 15.7. The van der Waals surface area contributed by atoms with Crippen molar-refractivity contribution >= 4 is 10.8 Å². The van der Waals surface area contributed by atoms with E-state index in [0.29, 0.717) is 6.61 Å². The molecule has 26 heavy (non-hydrogen) atoms. The van der Waals surface area contributed by atoms with E-state index in [4.69, 9.17) is 4.74 Å².